The molecule has 1 heterocycles. The molecule has 0 saturated carbocycles. The van der Waals surface area contributed by atoms with E-state index in [1.165, 1.54) is 0 Å². The van der Waals surface area contributed by atoms with E-state index in [-0.39, 0.29) is 6.04 Å². The summed E-state index contributed by atoms with van der Waals surface area (Å²) in [5.41, 5.74) is 0. The smallest absolute Gasteiger partial charge is 0.108 e. The third-order valence-electron chi connectivity index (χ3n) is 1.53. The summed E-state index contributed by atoms with van der Waals surface area (Å²) in [6.07, 6.45) is 0. The van der Waals surface area contributed by atoms with Gasteiger partial charge in [0.2, 0.25) is 0 Å². The second-order valence-electron chi connectivity index (χ2n) is 2.40. The molecule has 0 aromatic heterocycles. The number of rotatable bonds is 0. The van der Waals surface area contributed by atoms with E-state index in [0.29, 0.717) is 0 Å². The Labute approximate surface area is 55.3 Å². The largest absolute Gasteiger partial charge is 0.302 e. The molecule has 3 nitrogen and oxygen atoms in total. The molecule has 0 radical (unpaired) electrons. The summed E-state index contributed by atoms with van der Waals surface area (Å²) in [6.45, 7) is 2.85. The predicted octanol–water partition coefficient (Wildman–Crippen LogP) is -0.586. The standard InChI is InChI=1S/C6H11N3/c1-9-3-2-8-6(4-7)5-9/h6,8H,2-3,5H2,1H3. The van der Waals surface area contributed by atoms with Crippen molar-refractivity contribution in [3.63, 3.8) is 0 Å². The first-order chi connectivity index (χ1) is 4.33. The minimum Gasteiger partial charge on any atom is -0.302 e. The highest BCUT2D eigenvalue weighted by Gasteiger charge is 2.14. The van der Waals surface area contributed by atoms with E-state index in [1.54, 1.807) is 0 Å². The zero-order valence-corrected chi connectivity index (χ0v) is 5.59. The van der Waals surface area contributed by atoms with Crippen molar-refractivity contribution in [2.45, 2.75) is 6.04 Å². The second-order valence-corrected chi connectivity index (χ2v) is 2.40. The summed E-state index contributed by atoms with van der Waals surface area (Å²) in [5, 5.41) is 11.6. The van der Waals surface area contributed by atoms with Gasteiger partial charge >= 0.3 is 0 Å². The van der Waals surface area contributed by atoms with Gasteiger partial charge < -0.3 is 4.90 Å². The zero-order valence-electron chi connectivity index (χ0n) is 5.59. The van der Waals surface area contributed by atoms with Crippen LogP contribution in [-0.2, 0) is 0 Å². The summed E-state index contributed by atoms with van der Waals surface area (Å²) >= 11 is 0. The molecular weight excluding hydrogens is 114 g/mol. The molecule has 0 amide bonds. The molecule has 1 aliphatic rings. The maximum absolute atomic E-state index is 8.47. The van der Waals surface area contributed by atoms with E-state index < -0.39 is 0 Å². The van der Waals surface area contributed by atoms with Crippen molar-refractivity contribution >= 4 is 0 Å². The minimum absolute atomic E-state index is 0.0451. The molecule has 0 aromatic rings. The Morgan fingerprint density at radius 3 is 3.00 bits per heavy atom. The number of hydrogen-bond donors (Lipinski definition) is 1. The maximum atomic E-state index is 8.47. The van der Waals surface area contributed by atoms with Crippen LogP contribution in [0.4, 0.5) is 0 Å². The Morgan fingerprint density at radius 2 is 2.56 bits per heavy atom. The first-order valence-electron chi connectivity index (χ1n) is 3.14. The van der Waals surface area contributed by atoms with Crippen LogP contribution in [0.1, 0.15) is 0 Å². The van der Waals surface area contributed by atoms with Crippen molar-refractivity contribution in [1.29, 1.82) is 5.26 Å². The number of nitrogens with zero attached hydrogens (tertiary/aromatic N) is 2. The average Bonchev–Trinajstić information content (AvgIpc) is 1.88. The van der Waals surface area contributed by atoms with Gasteiger partial charge in [0, 0.05) is 19.6 Å². The monoisotopic (exact) mass is 125 g/mol. The summed E-state index contributed by atoms with van der Waals surface area (Å²) in [6, 6.07) is 2.23. The van der Waals surface area contributed by atoms with Gasteiger partial charge in [-0.2, -0.15) is 5.26 Å². The molecule has 1 unspecified atom stereocenters. The summed E-state index contributed by atoms with van der Waals surface area (Å²) in [5.74, 6) is 0. The fourth-order valence-corrected chi connectivity index (χ4v) is 0.984. The number of nitriles is 1. The van der Waals surface area contributed by atoms with Gasteiger partial charge in [-0.15, -0.1) is 0 Å². The lowest BCUT2D eigenvalue weighted by Gasteiger charge is -2.26. The van der Waals surface area contributed by atoms with Crippen molar-refractivity contribution in [3.05, 3.63) is 0 Å². The van der Waals surface area contributed by atoms with Crippen LogP contribution in [0.2, 0.25) is 0 Å². The van der Waals surface area contributed by atoms with Crippen LogP contribution in [0, 0.1) is 11.3 Å². The van der Waals surface area contributed by atoms with E-state index in [1.807, 2.05) is 7.05 Å². The van der Waals surface area contributed by atoms with Crippen LogP contribution in [-0.4, -0.2) is 37.6 Å². The Bertz CT molecular complexity index is 127. The van der Waals surface area contributed by atoms with E-state index in [4.69, 9.17) is 5.26 Å². The summed E-state index contributed by atoms with van der Waals surface area (Å²) < 4.78 is 0. The first-order valence-corrected chi connectivity index (χ1v) is 3.14. The number of nitrogens with one attached hydrogen (secondary N) is 1. The highest BCUT2D eigenvalue weighted by atomic mass is 15.2. The lowest BCUT2D eigenvalue weighted by Crippen LogP contribution is -2.48. The normalized spacial score (nSPS) is 29.6. The molecule has 0 aliphatic carbocycles. The van der Waals surface area contributed by atoms with E-state index >= 15 is 0 Å². The summed E-state index contributed by atoms with van der Waals surface area (Å²) in [4.78, 5) is 2.16. The lowest BCUT2D eigenvalue weighted by atomic mass is 10.2. The molecule has 50 valence electrons. The topological polar surface area (TPSA) is 39.1 Å². The molecular formula is C6H11N3. The third kappa shape index (κ3) is 1.67. The SMILES string of the molecule is CN1CCNC(C#N)C1. The lowest BCUT2D eigenvalue weighted by molar-refractivity contribution is 0.264. The van der Waals surface area contributed by atoms with E-state index in [0.717, 1.165) is 19.6 Å². The highest BCUT2D eigenvalue weighted by Crippen LogP contribution is 1.92. The van der Waals surface area contributed by atoms with Gasteiger partial charge in [0.05, 0.1) is 6.07 Å². The fourth-order valence-electron chi connectivity index (χ4n) is 0.984. The molecule has 0 bridgehead atoms. The van der Waals surface area contributed by atoms with Gasteiger partial charge in [0.1, 0.15) is 6.04 Å². The van der Waals surface area contributed by atoms with Crippen LogP contribution >= 0.6 is 0 Å². The van der Waals surface area contributed by atoms with Crippen molar-refractivity contribution in [2.24, 2.45) is 0 Å². The van der Waals surface area contributed by atoms with Gasteiger partial charge in [-0.25, -0.2) is 0 Å². The molecule has 0 spiro atoms. The third-order valence-corrected chi connectivity index (χ3v) is 1.53. The fraction of sp³-hybridized carbons (Fsp3) is 0.833. The molecule has 9 heavy (non-hydrogen) atoms. The van der Waals surface area contributed by atoms with Crippen molar-refractivity contribution in [3.8, 4) is 6.07 Å². The molecule has 1 rings (SSSR count). The second kappa shape index (κ2) is 2.81. The van der Waals surface area contributed by atoms with Crippen LogP contribution in [0.5, 0.6) is 0 Å². The Balaban J connectivity index is 2.34. The van der Waals surface area contributed by atoms with E-state index in [9.17, 15) is 0 Å². The molecule has 1 atom stereocenters. The average molecular weight is 125 g/mol. The Morgan fingerprint density at radius 1 is 1.78 bits per heavy atom. The molecule has 1 saturated heterocycles. The van der Waals surface area contributed by atoms with Crippen LogP contribution in [0.25, 0.3) is 0 Å². The quantitative estimate of drug-likeness (QED) is 0.470. The Kier molecular flexibility index (Phi) is 2.04. The number of hydrogen-bond acceptors (Lipinski definition) is 3. The van der Waals surface area contributed by atoms with Crippen LogP contribution in [0.15, 0.2) is 0 Å². The van der Waals surface area contributed by atoms with Crippen LogP contribution in [0.3, 0.4) is 0 Å². The molecule has 1 N–H and O–H groups in total. The maximum Gasteiger partial charge on any atom is 0.108 e. The molecule has 3 heteroatoms. The van der Waals surface area contributed by atoms with Gasteiger partial charge in [-0.3, -0.25) is 5.32 Å². The van der Waals surface area contributed by atoms with Crippen molar-refractivity contribution in [1.82, 2.24) is 10.2 Å². The van der Waals surface area contributed by atoms with Gasteiger partial charge in [0.15, 0.2) is 0 Å². The summed E-state index contributed by atoms with van der Waals surface area (Å²) in [7, 11) is 2.03. The minimum atomic E-state index is 0.0451. The number of piperazine rings is 1. The first kappa shape index (κ1) is 6.53. The molecule has 1 fully saturated rings. The highest BCUT2D eigenvalue weighted by molar-refractivity contribution is 4.94. The van der Waals surface area contributed by atoms with E-state index in [2.05, 4.69) is 16.3 Å². The Hall–Kier alpha value is -0.590. The number of likely N-dealkylation sites (N-methyl/N-ethyl adjacent to an activating group) is 1. The van der Waals surface area contributed by atoms with Gasteiger partial charge in [-0.1, -0.05) is 0 Å². The molecule has 1 aliphatic heterocycles. The molecule has 0 aromatic carbocycles. The van der Waals surface area contributed by atoms with Crippen molar-refractivity contribution in [2.75, 3.05) is 26.7 Å². The van der Waals surface area contributed by atoms with Gasteiger partial charge in [0.25, 0.3) is 0 Å². The predicted molar refractivity (Wildman–Crippen MR) is 34.9 cm³/mol. The van der Waals surface area contributed by atoms with Gasteiger partial charge in [-0.05, 0) is 7.05 Å². The van der Waals surface area contributed by atoms with Crippen molar-refractivity contribution < 1.29 is 0 Å². The zero-order chi connectivity index (χ0) is 6.69. The van der Waals surface area contributed by atoms with Crippen LogP contribution < -0.4 is 5.32 Å².